The molecule has 0 radical (unpaired) electrons. The molecule has 106 valence electrons. The van der Waals surface area contributed by atoms with Crippen LogP contribution in [0.15, 0.2) is 42.5 Å². The van der Waals surface area contributed by atoms with Gasteiger partial charge in [-0.1, -0.05) is 18.2 Å². The van der Waals surface area contributed by atoms with Crippen LogP contribution >= 0.6 is 0 Å². The molecule has 4 heteroatoms. The topological polar surface area (TPSA) is 12.0 Å². The Kier molecular flexibility index (Phi) is 4.45. The highest BCUT2D eigenvalue weighted by atomic mass is 19.2. The second-order valence-corrected chi connectivity index (χ2v) is 4.84. The summed E-state index contributed by atoms with van der Waals surface area (Å²) >= 11 is 0. The summed E-state index contributed by atoms with van der Waals surface area (Å²) in [5, 5.41) is 3.27. The van der Waals surface area contributed by atoms with Crippen LogP contribution in [0.5, 0.6) is 0 Å². The van der Waals surface area contributed by atoms with E-state index in [1.165, 1.54) is 18.2 Å². The molecule has 0 heterocycles. The summed E-state index contributed by atoms with van der Waals surface area (Å²) < 4.78 is 39.0. The average Bonchev–Trinajstić information content (AvgIpc) is 2.42. The van der Waals surface area contributed by atoms with Crippen molar-refractivity contribution in [2.24, 2.45) is 0 Å². The fourth-order valence-electron chi connectivity index (χ4n) is 2.10. The molecule has 0 aliphatic rings. The van der Waals surface area contributed by atoms with E-state index in [2.05, 4.69) is 5.32 Å². The Bertz CT molecular complexity index is 581. The van der Waals surface area contributed by atoms with E-state index >= 15 is 0 Å². The van der Waals surface area contributed by atoms with Crippen LogP contribution in [0.4, 0.5) is 13.2 Å². The zero-order chi connectivity index (χ0) is 14.7. The zero-order valence-corrected chi connectivity index (χ0v) is 11.3. The summed E-state index contributed by atoms with van der Waals surface area (Å²) in [5.41, 5.74) is 1.60. The fourth-order valence-corrected chi connectivity index (χ4v) is 2.10. The number of hydrogen-bond acceptors (Lipinski definition) is 1. The van der Waals surface area contributed by atoms with Gasteiger partial charge in [0.05, 0.1) is 0 Å². The van der Waals surface area contributed by atoms with Crippen LogP contribution in [0.3, 0.4) is 0 Å². The van der Waals surface area contributed by atoms with Crippen molar-refractivity contribution in [1.82, 2.24) is 5.32 Å². The monoisotopic (exact) mass is 279 g/mol. The van der Waals surface area contributed by atoms with Gasteiger partial charge in [-0.05, 0) is 49.2 Å². The molecular formula is C16H16F3N. The third kappa shape index (κ3) is 3.39. The Morgan fingerprint density at radius 1 is 0.750 bits per heavy atom. The molecule has 0 saturated heterocycles. The van der Waals surface area contributed by atoms with Crippen molar-refractivity contribution in [2.75, 3.05) is 0 Å². The summed E-state index contributed by atoms with van der Waals surface area (Å²) in [6.45, 7) is 3.80. The molecule has 0 aromatic heterocycles. The number of nitrogens with one attached hydrogen (secondary N) is 1. The first kappa shape index (κ1) is 14.6. The van der Waals surface area contributed by atoms with Crippen LogP contribution in [0.2, 0.25) is 0 Å². The summed E-state index contributed by atoms with van der Waals surface area (Å²) in [5.74, 6) is -1.99. The van der Waals surface area contributed by atoms with E-state index in [1.54, 1.807) is 18.2 Å². The molecule has 2 aromatic rings. The van der Waals surface area contributed by atoms with Crippen LogP contribution in [0.1, 0.15) is 37.1 Å². The molecule has 0 bridgehead atoms. The van der Waals surface area contributed by atoms with Crippen LogP contribution in [-0.2, 0) is 0 Å². The van der Waals surface area contributed by atoms with Gasteiger partial charge < -0.3 is 5.32 Å². The van der Waals surface area contributed by atoms with Gasteiger partial charge in [0.2, 0.25) is 0 Å². The third-order valence-corrected chi connectivity index (χ3v) is 3.31. The Labute approximate surface area is 116 Å². The van der Waals surface area contributed by atoms with Crippen molar-refractivity contribution in [1.29, 1.82) is 0 Å². The number of benzene rings is 2. The summed E-state index contributed by atoms with van der Waals surface area (Å²) in [6, 6.07) is 9.87. The zero-order valence-electron chi connectivity index (χ0n) is 11.3. The van der Waals surface area contributed by atoms with Crippen molar-refractivity contribution < 1.29 is 13.2 Å². The normalized spacial score (nSPS) is 14.1. The minimum atomic E-state index is -0.856. The van der Waals surface area contributed by atoms with Crippen LogP contribution < -0.4 is 5.32 Å². The SMILES string of the molecule is CC(N[C@@H](C)c1ccc(F)cc1)c1ccc(F)c(F)c1. The summed E-state index contributed by atoms with van der Waals surface area (Å²) in [4.78, 5) is 0. The number of rotatable bonds is 4. The molecule has 0 fully saturated rings. The maximum Gasteiger partial charge on any atom is 0.159 e. The van der Waals surface area contributed by atoms with Crippen LogP contribution in [-0.4, -0.2) is 0 Å². The number of hydrogen-bond donors (Lipinski definition) is 1. The van der Waals surface area contributed by atoms with Crippen molar-refractivity contribution in [3.05, 3.63) is 71.0 Å². The molecule has 2 rings (SSSR count). The molecule has 1 N–H and O–H groups in total. The van der Waals surface area contributed by atoms with Crippen molar-refractivity contribution in [2.45, 2.75) is 25.9 Å². The Hall–Kier alpha value is -1.81. The van der Waals surface area contributed by atoms with Gasteiger partial charge in [-0.2, -0.15) is 0 Å². The van der Waals surface area contributed by atoms with Gasteiger partial charge in [0.15, 0.2) is 11.6 Å². The maximum atomic E-state index is 13.2. The molecule has 0 saturated carbocycles. The van der Waals surface area contributed by atoms with Gasteiger partial charge in [-0.25, -0.2) is 13.2 Å². The predicted octanol–water partition coefficient (Wildman–Crippen LogP) is 4.52. The third-order valence-electron chi connectivity index (χ3n) is 3.31. The molecule has 20 heavy (non-hydrogen) atoms. The molecule has 0 amide bonds. The summed E-state index contributed by atoms with van der Waals surface area (Å²) in [7, 11) is 0. The quantitative estimate of drug-likeness (QED) is 0.868. The van der Waals surface area contributed by atoms with Crippen molar-refractivity contribution >= 4 is 0 Å². The molecule has 0 spiro atoms. The fraction of sp³-hybridized carbons (Fsp3) is 0.250. The van der Waals surface area contributed by atoms with Gasteiger partial charge in [-0.3, -0.25) is 0 Å². The summed E-state index contributed by atoms with van der Waals surface area (Å²) in [6.07, 6.45) is 0. The Balaban J connectivity index is 2.08. The van der Waals surface area contributed by atoms with Crippen LogP contribution in [0.25, 0.3) is 0 Å². The van der Waals surface area contributed by atoms with E-state index < -0.39 is 11.6 Å². The van der Waals surface area contributed by atoms with E-state index in [1.807, 2.05) is 13.8 Å². The molecule has 0 aliphatic carbocycles. The average molecular weight is 279 g/mol. The highest BCUT2D eigenvalue weighted by molar-refractivity contribution is 5.23. The predicted molar refractivity (Wildman–Crippen MR) is 72.7 cm³/mol. The molecule has 2 atom stereocenters. The highest BCUT2D eigenvalue weighted by Gasteiger charge is 2.13. The lowest BCUT2D eigenvalue weighted by atomic mass is 10.0. The maximum absolute atomic E-state index is 13.2. The first-order chi connectivity index (χ1) is 9.47. The van der Waals surface area contributed by atoms with Gasteiger partial charge in [0.25, 0.3) is 0 Å². The van der Waals surface area contributed by atoms with Crippen molar-refractivity contribution in [3.63, 3.8) is 0 Å². The molecular weight excluding hydrogens is 263 g/mol. The van der Waals surface area contributed by atoms with E-state index in [0.29, 0.717) is 5.56 Å². The van der Waals surface area contributed by atoms with Gasteiger partial charge in [-0.15, -0.1) is 0 Å². The smallest absolute Gasteiger partial charge is 0.159 e. The van der Waals surface area contributed by atoms with E-state index in [9.17, 15) is 13.2 Å². The Morgan fingerprint density at radius 3 is 1.90 bits per heavy atom. The molecule has 2 aromatic carbocycles. The second kappa shape index (κ2) is 6.09. The number of halogens is 3. The lowest BCUT2D eigenvalue weighted by Gasteiger charge is -2.21. The minimum absolute atomic E-state index is 0.0290. The van der Waals surface area contributed by atoms with E-state index in [-0.39, 0.29) is 17.9 Å². The largest absolute Gasteiger partial charge is 0.304 e. The minimum Gasteiger partial charge on any atom is -0.304 e. The molecule has 0 aliphatic heterocycles. The van der Waals surface area contributed by atoms with E-state index in [0.717, 1.165) is 11.6 Å². The lowest BCUT2D eigenvalue weighted by Crippen LogP contribution is -2.22. The van der Waals surface area contributed by atoms with Crippen molar-refractivity contribution in [3.8, 4) is 0 Å². The molecule has 1 unspecified atom stereocenters. The van der Waals surface area contributed by atoms with Crippen LogP contribution in [0, 0.1) is 17.5 Å². The van der Waals surface area contributed by atoms with E-state index in [4.69, 9.17) is 0 Å². The Morgan fingerprint density at radius 2 is 1.30 bits per heavy atom. The van der Waals surface area contributed by atoms with Gasteiger partial charge >= 0.3 is 0 Å². The van der Waals surface area contributed by atoms with Gasteiger partial charge in [0, 0.05) is 12.1 Å². The second-order valence-electron chi connectivity index (χ2n) is 4.84. The standard InChI is InChI=1S/C16H16F3N/c1-10(12-3-6-14(17)7-4-12)20-11(2)13-5-8-15(18)16(19)9-13/h3-11,20H,1-2H3/t10-,11?/m0/s1. The van der Waals surface area contributed by atoms with Gasteiger partial charge in [0.1, 0.15) is 5.82 Å². The highest BCUT2D eigenvalue weighted by Crippen LogP contribution is 2.21. The first-order valence-corrected chi connectivity index (χ1v) is 6.44. The first-order valence-electron chi connectivity index (χ1n) is 6.44. The molecule has 1 nitrogen and oxygen atoms in total. The lowest BCUT2D eigenvalue weighted by molar-refractivity contribution is 0.479.